The molecule has 1 heterocycles. The summed E-state index contributed by atoms with van der Waals surface area (Å²) in [5.41, 5.74) is 0.441. The molecule has 1 aliphatic carbocycles. The van der Waals surface area contributed by atoms with Crippen LogP contribution in [0, 0.1) is 5.41 Å². The van der Waals surface area contributed by atoms with Crippen LogP contribution in [0.2, 0.25) is 0 Å². The molecule has 1 saturated carbocycles. The van der Waals surface area contributed by atoms with Crippen molar-refractivity contribution in [3.63, 3.8) is 0 Å². The van der Waals surface area contributed by atoms with Crippen LogP contribution in [0.5, 0.6) is 0 Å². The van der Waals surface area contributed by atoms with Gasteiger partial charge in [-0.05, 0) is 53.1 Å². The van der Waals surface area contributed by atoms with Crippen LogP contribution in [-0.2, 0) is 6.42 Å². The van der Waals surface area contributed by atoms with Gasteiger partial charge >= 0.3 is 0 Å². The smallest absolute Gasteiger partial charge is 0.0341 e. The topological polar surface area (TPSA) is 0 Å². The Hall–Kier alpha value is 0.470. The lowest BCUT2D eigenvalue weighted by Crippen LogP contribution is -2.14. The maximum absolute atomic E-state index is 6.16. The van der Waals surface area contributed by atoms with E-state index in [1.54, 1.807) is 0 Å². The van der Waals surface area contributed by atoms with E-state index in [2.05, 4.69) is 34.3 Å². The van der Waals surface area contributed by atoms with Gasteiger partial charge in [-0.25, -0.2) is 0 Å². The third-order valence-electron chi connectivity index (χ3n) is 3.00. The van der Waals surface area contributed by atoms with E-state index < -0.39 is 0 Å². The molecule has 14 heavy (non-hydrogen) atoms. The zero-order valence-electron chi connectivity index (χ0n) is 8.22. The molecule has 78 valence electrons. The lowest BCUT2D eigenvalue weighted by atomic mass is 9.85. The highest BCUT2D eigenvalue weighted by molar-refractivity contribution is 9.10. The maximum Gasteiger partial charge on any atom is 0.0341 e. The number of rotatable bonds is 2. The Morgan fingerprint density at radius 2 is 2.50 bits per heavy atom. The zero-order chi connectivity index (χ0) is 10.2. The Balaban J connectivity index is 2.03. The molecular weight excluding hydrogens is 280 g/mol. The van der Waals surface area contributed by atoms with E-state index in [0.717, 1.165) is 0 Å². The van der Waals surface area contributed by atoms with Crippen molar-refractivity contribution < 1.29 is 0 Å². The SMILES string of the molecule is CC1(Cc2cc(Br)cs2)CCC(Cl)C1. The molecule has 0 N–H and O–H groups in total. The number of hydrogen-bond donors (Lipinski definition) is 0. The van der Waals surface area contributed by atoms with Gasteiger partial charge < -0.3 is 0 Å². The zero-order valence-corrected chi connectivity index (χ0v) is 11.4. The quantitative estimate of drug-likeness (QED) is 0.684. The van der Waals surface area contributed by atoms with Crippen LogP contribution < -0.4 is 0 Å². The minimum absolute atomic E-state index is 0.406. The normalized spacial score (nSPS) is 32.4. The Labute approximate surface area is 103 Å². The molecule has 2 rings (SSSR count). The lowest BCUT2D eigenvalue weighted by molar-refractivity contribution is 0.338. The molecular formula is C11H14BrClS. The van der Waals surface area contributed by atoms with Crippen LogP contribution in [0.15, 0.2) is 15.9 Å². The molecule has 0 spiro atoms. The van der Waals surface area contributed by atoms with Gasteiger partial charge in [-0.15, -0.1) is 22.9 Å². The Morgan fingerprint density at radius 3 is 3.00 bits per heavy atom. The number of hydrogen-bond acceptors (Lipinski definition) is 1. The van der Waals surface area contributed by atoms with Gasteiger partial charge in [0.15, 0.2) is 0 Å². The molecule has 2 atom stereocenters. The van der Waals surface area contributed by atoms with E-state index in [9.17, 15) is 0 Å². The molecule has 0 bridgehead atoms. The van der Waals surface area contributed by atoms with Crippen molar-refractivity contribution in [2.75, 3.05) is 0 Å². The summed E-state index contributed by atoms with van der Waals surface area (Å²) in [6.07, 6.45) is 4.82. The van der Waals surface area contributed by atoms with Crippen LogP contribution in [0.4, 0.5) is 0 Å². The molecule has 0 nitrogen and oxygen atoms in total. The first-order valence-electron chi connectivity index (χ1n) is 4.94. The summed E-state index contributed by atoms with van der Waals surface area (Å²) >= 11 is 11.5. The second-order valence-electron chi connectivity index (χ2n) is 4.56. The van der Waals surface area contributed by atoms with Crippen molar-refractivity contribution in [2.24, 2.45) is 5.41 Å². The first-order chi connectivity index (χ1) is 6.57. The summed E-state index contributed by atoms with van der Waals surface area (Å²) in [7, 11) is 0. The third kappa shape index (κ3) is 2.53. The summed E-state index contributed by atoms with van der Waals surface area (Å²) in [4.78, 5) is 1.48. The molecule has 0 aromatic carbocycles. The fraction of sp³-hybridized carbons (Fsp3) is 0.636. The van der Waals surface area contributed by atoms with Crippen LogP contribution in [0.25, 0.3) is 0 Å². The van der Waals surface area contributed by atoms with E-state index in [4.69, 9.17) is 11.6 Å². The van der Waals surface area contributed by atoms with Gasteiger partial charge in [0.1, 0.15) is 0 Å². The van der Waals surface area contributed by atoms with Crippen molar-refractivity contribution in [1.29, 1.82) is 0 Å². The van der Waals surface area contributed by atoms with E-state index in [1.807, 2.05) is 11.3 Å². The van der Waals surface area contributed by atoms with Gasteiger partial charge in [0.05, 0.1) is 0 Å². The summed E-state index contributed by atoms with van der Waals surface area (Å²) in [5, 5.41) is 2.56. The van der Waals surface area contributed by atoms with Gasteiger partial charge in [0.2, 0.25) is 0 Å². The van der Waals surface area contributed by atoms with E-state index in [0.29, 0.717) is 10.8 Å². The molecule has 0 aliphatic heterocycles. The van der Waals surface area contributed by atoms with Crippen LogP contribution >= 0.6 is 38.9 Å². The summed E-state index contributed by atoms with van der Waals surface area (Å²) < 4.78 is 1.21. The molecule has 0 saturated heterocycles. The van der Waals surface area contributed by atoms with Crippen LogP contribution in [0.3, 0.4) is 0 Å². The minimum Gasteiger partial charge on any atom is -0.148 e. The highest BCUT2D eigenvalue weighted by Gasteiger charge is 2.34. The van der Waals surface area contributed by atoms with Gasteiger partial charge in [-0.1, -0.05) is 6.92 Å². The average Bonchev–Trinajstić information content (AvgIpc) is 2.60. The first kappa shape index (κ1) is 11.0. The second kappa shape index (κ2) is 4.15. The monoisotopic (exact) mass is 292 g/mol. The fourth-order valence-electron chi connectivity index (χ4n) is 2.27. The van der Waals surface area contributed by atoms with Crippen molar-refractivity contribution in [2.45, 2.75) is 38.0 Å². The van der Waals surface area contributed by atoms with Crippen molar-refractivity contribution in [3.8, 4) is 0 Å². The summed E-state index contributed by atoms with van der Waals surface area (Å²) in [6.45, 7) is 2.36. The average molecular weight is 294 g/mol. The Morgan fingerprint density at radius 1 is 1.71 bits per heavy atom. The molecule has 1 aromatic rings. The largest absolute Gasteiger partial charge is 0.148 e. The maximum atomic E-state index is 6.16. The predicted octanol–water partition coefficient (Wildman–Crippen LogP) is 4.85. The summed E-state index contributed by atoms with van der Waals surface area (Å²) in [6, 6.07) is 2.23. The molecule has 2 unspecified atom stereocenters. The highest BCUT2D eigenvalue weighted by atomic mass is 79.9. The first-order valence-corrected chi connectivity index (χ1v) is 7.05. The summed E-state index contributed by atoms with van der Waals surface area (Å²) in [5.74, 6) is 0. The van der Waals surface area contributed by atoms with Crippen molar-refractivity contribution in [3.05, 3.63) is 20.8 Å². The number of halogens is 2. The Kier molecular flexibility index (Phi) is 3.25. The van der Waals surface area contributed by atoms with Gasteiger partial charge in [-0.3, -0.25) is 0 Å². The van der Waals surface area contributed by atoms with E-state index in [1.165, 1.54) is 35.0 Å². The van der Waals surface area contributed by atoms with Gasteiger partial charge in [0, 0.05) is 20.1 Å². The molecule has 0 amide bonds. The minimum atomic E-state index is 0.406. The van der Waals surface area contributed by atoms with Gasteiger partial charge in [0.25, 0.3) is 0 Å². The van der Waals surface area contributed by atoms with Gasteiger partial charge in [-0.2, -0.15) is 0 Å². The Bertz CT molecular complexity index is 323. The van der Waals surface area contributed by atoms with Crippen molar-refractivity contribution in [1.82, 2.24) is 0 Å². The van der Waals surface area contributed by atoms with Crippen LogP contribution in [0.1, 0.15) is 31.1 Å². The lowest BCUT2D eigenvalue weighted by Gasteiger charge is -2.22. The number of thiophene rings is 1. The molecule has 1 aromatic heterocycles. The van der Waals surface area contributed by atoms with Crippen LogP contribution in [-0.4, -0.2) is 5.38 Å². The van der Waals surface area contributed by atoms with Crippen molar-refractivity contribution >= 4 is 38.9 Å². The molecule has 0 radical (unpaired) electrons. The molecule has 1 aliphatic rings. The predicted molar refractivity (Wildman–Crippen MR) is 67.3 cm³/mol. The molecule has 3 heteroatoms. The highest BCUT2D eigenvalue weighted by Crippen LogP contribution is 2.43. The number of alkyl halides is 1. The standard InChI is InChI=1S/C11H14BrClS/c1-11(3-2-9(13)5-11)6-10-4-8(12)7-14-10/h4,7,9H,2-3,5-6H2,1H3. The second-order valence-corrected chi connectivity index (χ2v) is 7.09. The molecule has 1 fully saturated rings. The fourth-order valence-corrected chi connectivity index (χ4v) is 4.42. The van der Waals surface area contributed by atoms with E-state index in [-0.39, 0.29) is 0 Å². The third-order valence-corrected chi connectivity index (χ3v) is 5.07. The van der Waals surface area contributed by atoms with E-state index >= 15 is 0 Å².